The number of pyridine rings is 1. The molecule has 0 aromatic carbocycles. The van der Waals surface area contributed by atoms with Crippen LogP contribution in [0, 0.1) is 11.3 Å². The van der Waals surface area contributed by atoms with Gasteiger partial charge in [0.1, 0.15) is 16.9 Å². The van der Waals surface area contributed by atoms with Crippen LogP contribution in [-0.2, 0) is 16.9 Å². The third-order valence-corrected chi connectivity index (χ3v) is 6.40. The Kier molecular flexibility index (Phi) is 4.40. The van der Waals surface area contributed by atoms with Gasteiger partial charge in [-0.2, -0.15) is 10.4 Å². The second-order valence-corrected chi connectivity index (χ2v) is 8.51. The first-order valence-electron chi connectivity index (χ1n) is 8.25. The van der Waals surface area contributed by atoms with Gasteiger partial charge in [0.05, 0.1) is 36.8 Å². The van der Waals surface area contributed by atoms with Crippen molar-refractivity contribution in [2.24, 2.45) is 0 Å². The highest BCUT2D eigenvalue weighted by Gasteiger charge is 2.50. The Morgan fingerprint density at radius 3 is 3.00 bits per heavy atom. The summed E-state index contributed by atoms with van der Waals surface area (Å²) in [5.74, 6) is 0.574. The zero-order chi connectivity index (χ0) is 18.3. The molecule has 1 atom stereocenters. The molecule has 1 unspecified atom stereocenters. The van der Waals surface area contributed by atoms with Gasteiger partial charge in [0.15, 0.2) is 0 Å². The van der Waals surface area contributed by atoms with E-state index in [2.05, 4.69) is 21.1 Å². The summed E-state index contributed by atoms with van der Waals surface area (Å²) in [5.41, 5.74) is 2.05. The van der Waals surface area contributed by atoms with Crippen LogP contribution in [0.5, 0.6) is 0 Å². The van der Waals surface area contributed by atoms with E-state index in [9.17, 15) is 9.81 Å². The average Bonchev–Trinajstić information content (AvgIpc) is 3.26. The minimum atomic E-state index is -1.01. The van der Waals surface area contributed by atoms with Crippen LogP contribution < -0.4 is 0 Å². The Balaban J connectivity index is 1.70. The van der Waals surface area contributed by atoms with Gasteiger partial charge < -0.3 is 9.54 Å². The number of halogens is 1. The summed E-state index contributed by atoms with van der Waals surface area (Å²) < 4.78 is 15.7. The normalized spacial score (nSPS) is 17.8. The number of aromatic amines is 1. The minimum Gasteiger partial charge on any atom is -0.598 e. The maximum absolute atomic E-state index is 12.0. The maximum Gasteiger partial charge on any atom is 0.137 e. The van der Waals surface area contributed by atoms with Crippen LogP contribution >= 0.6 is 11.6 Å². The highest BCUT2D eigenvalue weighted by atomic mass is 35.5. The molecule has 1 saturated heterocycles. The topological polar surface area (TPSA) is 96.6 Å². The van der Waals surface area contributed by atoms with Gasteiger partial charge in [0, 0.05) is 46.5 Å². The lowest BCUT2D eigenvalue weighted by Gasteiger charge is -2.47. The molecule has 4 heterocycles. The number of nitrogens with zero attached hydrogens (tertiary/aromatic N) is 5. The molecule has 1 aliphatic heterocycles. The van der Waals surface area contributed by atoms with Gasteiger partial charge in [0.2, 0.25) is 0 Å². The Morgan fingerprint density at radius 2 is 2.27 bits per heavy atom. The molecular formula is C17H17ClN6OS. The SMILES string of the molecule is CC[S+]([O-])N1CC(CC#N)(n2cc(-c3c(Cl)cnc4[nH]ccc34)cn2)C1. The van der Waals surface area contributed by atoms with E-state index in [0.29, 0.717) is 30.3 Å². The molecule has 134 valence electrons. The monoisotopic (exact) mass is 388 g/mol. The van der Waals surface area contributed by atoms with E-state index >= 15 is 0 Å². The fraction of sp³-hybridized carbons (Fsp3) is 0.353. The van der Waals surface area contributed by atoms with Crippen molar-refractivity contribution >= 4 is 34.0 Å². The second-order valence-electron chi connectivity index (χ2n) is 6.36. The number of H-pyrrole nitrogens is 1. The molecule has 9 heteroatoms. The third-order valence-electron chi connectivity index (χ3n) is 4.78. The molecule has 1 aliphatic rings. The molecule has 0 spiro atoms. The Morgan fingerprint density at radius 1 is 1.46 bits per heavy atom. The average molecular weight is 389 g/mol. The summed E-state index contributed by atoms with van der Waals surface area (Å²) in [7, 11) is 0. The zero-order valence-electron chi connectivity index (χ0n) is 14.1. The van der Waals surface area contributed by atoms with Crippen molar-refractivity contribution in [3.63, 3.8) is 0 Å². The smallest absolute Gasteiger partial charge is 0.137 e. The number of hydrogen-bond donors (Lipinski definition) is 1. The van der Waals surface area contributed by atoms with Gasteiger partial charge >= 0.3 is 0 Å². The molecule has 0 bridgehead atoms. The summed E-state index contributed by atoms with van der Waals surface area (Å²) >= 11 is 5.39. The lowest BCUT2D eigenvalue weighted by molar-refractivity contribution is 0.0719. The van der Waals surface area contributed by atoms with Crippen LogP contribution in [0.15, 0.2) is 30.9 Å². The van der Waals surface area contributed by atoms with Crippen LogP contribution in [-0.4, -0.2) is 47.4 Å². The molecule has 1 fully saturated rings. The van der Waals surface area contributed by atoms with Gasteiger partial charge in [-0.1, -0.05) is 11.6 Å². The van der Waals surface area contributed by atoms with E-state index in [0.717, 1.165) is 22.2 Å². The number of fused-ring (bicyclic) bond motifs is 1. The standard InChI is InChI=1S/C17H17ClN6OS/c1-2-26(25)23-10-17(11-23,4-5-19)24-9-12(7-22-24)15-13-3-6-20-16(13)21-8-14(15)18/h3,6-9H,2,4,10-11H2,1H3,(H,20,21). The van der Waals surface area contributed by atoms with Crippen LogP contribution in [0.1, 0.15) is 13.3 Å². The van der Waals surface area contributed by atoms with Gasteiger partial charge in [-0.3, -0.25) is 4.68 Å². The van der Waals surface area contributed by atoms with E-state index in [1.807, 2.05) is 34.4 Å². The van der Waals surface area contributed by atoms with Crippen molar-refractivity contribution in [1.29, 1.82) is 5.26 Å². The quantitative estimate of drug-likeness (QED) is 0.678. The van der Waals surface area contributed by atoms with Gasteiger partial charge in [-0.05, 0) is 13.0 Å². The Bertz CT molecular complexity index is 987. The van der Waals surface area contributed by atoms with E-state index in [-0.39, 0.29) is 0 Å². The molecule has 0 saturated carbocycles. The molecule has 26 heavy (non-hydrogen) atoms. The Labute approximate surface area is 158 Å². The first kappa shape index (κ1) is 17.4. The van der Waals surface area contributed by atoms with E-state index in [4.69, 9.17) is 11.6 Å². The molecule has 4 rings (SSSR count). The van der Waals surface area contributed by atoms with Gasteiger partial charge in [-0.15, -0.1) is 4.31 Å². The zero-order valence-corrected chi connectivity index (χ0v) is 15.7. The highest BCUT2D eigenvalue weighted by Crippen LogP contribution is 2.38. The number of nitrogens with one attached hydrogen (secondary N) is 1. The van der Waals surface area contributed by atoms with E-state index in [1.165, 1.54) is 0 Å². The van der Waals surface area contributed by atoms with Crippen molar-refractivity contribution in [3.8, 4) is 17.2 Å². The Hall–Kier alpha value is -2.05. The molecule has 3 aromatic rings. The van der Waals surface area contributed by atoms with Crippen molar-refractivity contribution in [3.05, 3.63) is 35.9 Å². The number of nitriles is 1. The summed E-state index contributed by atoms with van der Waals surface area (Å²) in [6, 6.07) is 4.18. The lowest BCUT2D eigenvalue weighted by Crippen LogP contribution is -2.64. The molecule has 0 radical (unpaired) electrons. The molecule has 3 aromatic heterocycles. The van der Waals surface area contributed by atoms with Crippen LogP contribution in [0.4, 0.5) is 0 Å². The second kappa shape index (κ2) is 6.59. The first-order chi connectivity index (χ1) is 12.6. The fourth-order valence-corrected chi connectivity index (χ4v) is 4.80. The largest absolute Gasteiger partial charge is 0.598 e. The molecule has 0 aliphatic carbocycles. The minimum absolute atomic E-state index is 0.315. The van der Waals surface area contributed by atoms with Crippen molar-refractivity contribution in [1.82, 2.24) is 24.1 Å². The van der Waals surface area contributed by atoms with E-state index in [1.54, 1.807) is 12.4 Å². The summed E-state index contributed by atoms with van der Waals surface area (Å²) in [5, 5.41) is 15.3. The molecule has 7 nitrogen and oxygen atoms in total. The highest BCUT2D eigenvalue weighted by molar-refractivity contribution is 7.89. The van der Waals surface area contributed by atoms with E-state index < -0.39 is 16.9 Å². The number of hydrogen-bond acceptors (Lipinski definition) is 5. The number of aromatic nitrogens is 4. The van der Waals surface area contributed by atoms with Crippen LogP contribution in [0.2, 0.25) is 5.02 Å². The maximum atomic E-state index is 12.0. The van der Waals surface area contributed by atoms with Crippen molar-refractivity contribution in [2.45, 2.75) is 18.9 Å². The summed E-state index contributed by atoms with van der Waals surface area (Å²) in [6.07, 6.45) is 7.43. The third kappa shape index (κ3) is 2.68. The fourth-order valence-electron chi connectivity index (χ4n) is 3.41. The predicted octanol–water partition coefficient (Wildman–Crippen LogP) is 2.69. The molecular weight excluding hydrogens is 372 g/mol. The van der Waals surface area contributed by atoms with Gasteiger partial charge in [0.25, 0.3) is 0 Å². The van der Waals surface area contributed by atoms with Crippen LogP contribution in [0.25, 0.3) is 22.2 Å². The molecule has 1 N–H and O–H groups in total. The summed E-state index contributed by atoms with van der Waals surface area (Å²) in [4.78, 5) is 7.36. The predicted molar refractivity (Wildman–Crippen MR) is 101 cm³/mol. The lowest BCUT2D eigenvalue weighted by atomic mass is 9.89. The summed E-state index contributed by atoms with van der Waals surface area (Å²) in [6.45, 7) is 2.98. The van der Waals surface area contributed by atoms with Gasteiger partial charge in [-0.25, -0.2) is 4.98 Å². The van der Waals surface area contributed by atoms with Crippen molar-refractivity contribution < 1.29 is 4.55 Å². The van der Waals surface area contributed by atoms with Crippen LogP contribution in [0.3, 0.4) is 0 Å². The molecule has 0 amide bonds. The first-order valence-corrected chi connectivity index (χ1v) is 9.91. The number of rotatable bonds is 5. The van der Waals surface area contributed by atoms with Crippen molar-refractivity contribution in [2.75, 3.05) is 18.8 Å².